The van der Waals surface area contributed by atoms with Crippen LogP contribution in [-0.4, -0.2) is 16.0 Å². The second-order valence-corrected chi connectivity index (χ2v) is 3.60. The van der Waals surface area contributed by atoms with Crippen molar-refractivity contribution in [3.63, 3.8) is 0 Å². The van der Waals surface area contributed by atoms with E-state index in [1.165, 1.54) is 18.2 Å². The van der Waals surface area contributed by atoms with Crippen LogP contribution in [-0.2, 0) is 4.79 Å². The van der Waals surface area contributed by atoms with Gasteiger partial charge in [0.2, 0.25) is 0 Å². The molecule has 0 fully saturated rings. The molecule has 0 amide bonds. The number of benzene rings is 1. The average molecular weight is 245 g/mol. The van der Waals surface area contributed by atoms with Crippen molar-refractivity contribution in [3.05, 3.63) is 38.9 Å². The number of carboxylic acid groups (broad SMARTS) is 1. The predicted octanol–water partition coefficient (Wildman–Crippen LogP) is 1.72. The van der Waals surface area contributed by atoms with Crippen molar-refractivity contribution in [1.29, 1.82) is 0 Å². The minimum atomic E-state index is -1.12. The van der Waals surface area contributed by atoms with Gasteiger partial charge in [0.1, 0.15) is 0 Å². The number of nitro benzene ring substituents is 1. The van der Waals surface area contributed by atoms with Gasteiger partial charge in [0.05, 0.1) is 11.3 Å². The van der Waals surface area contributed by atoms with Crippen LogP contribution >= 0.6 is 11.6 Å². The van der Waals surface area contributed by atoms with Gasteiger partial charge >= 0.3 is 5.97 Å². The second-order valence-electron chi connectivity index (χ2n) is 3.16. The fourth-order valence-electron chi connectivity index (χ4n) is 1.29. The van der Waals surface area contributed by atoms with E-state index in [1.54, 1.807) is 0 Å². The third-order valence-electron chi connectivity index (χ3n) is 1.98. The average Bonchev–Trinajstić information content (AvgIpc) is 2.15. The Morgan fingerprint density at radius 2 is 2.25 bits per heavy atom. The molecule has 0 radical (unpaired) electrons. The van der Waals surface area contributed by atoms with E-state index >= 15 is 0 Å². The number of carbonyl (C=O) groups is 1. The van der Waals surface area contributed by atoms with Crippen molar-refractivity contribution in [1.82, 2.24) is 0 Å². The van der Waals surface area contributed by atoms with Crippen LogP contribution < -0.4 is 5.73 Å². The van der Waals surface area contributed by atoms with Gasteiger partial charge in [-0.2, -0.15) is 0 Å². The monoisotopic (exact) mass is 244 g/mol. The molecule has 0 saturated heterocycles. The van der Waals surface area contributed by atoms with Crippen LogP contribution in [0, 0.1) is 10.1 Å². The van der Waals surface area contributed by atoms with Crippen LogP contribution in [0.5, 0.6) is 0 Å². The Bertz CT molecular complexity index is 436. The molecule has 1 atom stereocenters. The Kier molecular flexibility index (Phi) is 3.81. The van der Waals surface area contributed by atoms with Crippen LogP contribution in [0.2, 0.25) is 5.02 Å². The van der Waals surface area contributed by atoms with Crippen molar-refractivity contribution in [2.45, 2.75) is 12.5 Å². The topological polar surface area (TPSA) is 106 Å². The molecular weight excluding hydrogens is 236 g/mol. The van der Waals surface area contributed by atoms with Crippen LogP contribution in [0.3, 0.4) is 0 Å². The van der Waals surface area contributed by atoms with Crippen molar-refractivity contribution >= 4 is 23.3 Å². The zero-order valence-electron chi connectivity index (χ0n) is 8.09. The molecule has 0 spiro atoms. The van der Waals surface area contributed by atoms with E-state index < -0.39 is 16.9 Å². The maximum Gasteiger partial charge on any atom is 0.305 e. The minimum Gasteiger partial charge on any atom is -0.481 e. The van der Waals surface area contributed by atoms with Crippen molar-refractivity contribution < 1.29 is 14.8 Å². The molecule has 6 nitrogen and oxygen atoms in total. The molecule has 16 heavy (non-hydrogen) atoms. The summed E-state index contributed by atoms with van der Waals surface area (Å²) in [6, 6.07) is 2.93. The second kappa shape index (κ2) is 4.91. The Hall–Kier alpha value is -1.66. The number of aliphatic carboxylic acids is 1. The number of hydrogen-bond acceptors (Lipinski definition) is 4. The summed E-state index contributed by atoms with van der Waals surface area (Å²) >= 11 is 5.68. The van der Waals surface area contributed by atoms with E-state index in [0.29, 0.717) is 0 Å². The van der Waals surface area contributed by atoms with Gasteiger partial charge < -0.3 is 10.8 Å². The molecule has 1 aromatic carbocycles. The summed E-state index contributed by atoms with van der Waals surface area (Å²) in [5.41, 5.74) is 5.46. The summed E-state index contributed by atoms with van der Waals surface area (Å²) < 4.78 is 0. The molecule has 0 saturated carbocycles. The Balaban J connectivity index is 3.13. The zero-order valence-corrected chi connectivity index (χ0v) is 8.85. The lowest BCUT2D eigenvalue weighted by Gasteiger charge is -2.09. The van der Waals surface area contributed by atoms with Crippen molar-refractivity contribution in [2.24, 2.45) is 5.73 Å². The van der Waals surface area contributed by atoms with E-state index in [2.05, 4.69) is 0 Å². The van der Waals surface area contributed by atoms with E-state index in [-0.39, 0.29) is 22.7 Å². The smallest absolute Gasteiger partial charge is 0.305 e. The van der Waals surface area contributed by atoms with Gasteiger partial charge in [-0.05, 0) is 12.1 Å². The van der Waals surface area contributed by atoms with Gasteiger partial charge in [-0.25, -0.2) is 0 Å². The third-order valence-corrected chi connectivity index (χ3v) is 2.22. The molecule has 0 bridgehead atoms. The number of halogens is 1. The van der Waals surface area contributed by atoms with Crippen molar-refractivity contribution in [2.75, 3.05) is 0 Å². The summed E-state index contributed by atoms with van der Waals surface area (Å²) in [7, 11) is 0. The first-order valence-electron chi connectivity index (χ1n) is 4.33. The molecule has 0 aliphatic heterocycles. The highest BCUT2D eigenvalue weighted by molar-refractivity contribution is 6.30. The molecule has 3 N–H and O–H groups in total. The molecule has 0 heterocycles. The number of nitro groups is 1. The molecule has 1 rings (SSSR count). The maximum absolute atomic E-state index is 10.7. The van der Waals surface area contributed by atoms with E-state index in [0.717, 1.165) is 0 Å². The summed E-state index contributed by atoms with van der Waals surface area (Å²) in [6.07, 6.45) is -0.388. The van der Waals surface area contributed by atoms with E-state index in [1.807, 2.05) is 0 Å². The largest absolute Gasteiger partial charge is 0.481 e. The summed E-state index contributed by atoms with van der Waals surface area (Å²) in [4.78, 5) is 20.5. The molecule has 1 aromatic rings. The first kappa shape index (κ1) is 12.4. The molecule has 7 heteroatoms. The van der Waals surface area contributed by atoms with Crippen LogP contribution in [0.1, 0.15) is 18.0 Å². The molecule has 0 aliphatic rings. The summed E-state index contributed by atoms with van der Waals surface area (Å²) in [5.74, 6) is -1.12. The third kappa shape index (κ3) is 2.91. The fourth-order valence-corrected chi connectivity index (χ4v) is 1.47. The lowest BCUT2D eigenvalue weighted by atomic mass is 10.0. The summed E-state index contributed by atoms with van der Waals surface area (Å²) in [5, 5.41) is 19.5. The Morgan fingerprint density at radius 1 is 1.62 bits per heavy atom. The van der Waals surface area contributed by atoms with Gasteiger partial charge in [-0.15, -0.1) is 0 Å². The SMILES string of the molecule is NC(CC(=O)O)c1cc(Cl)ccc1[N+](=O)[O-]. The van der Waals surface area contributed by atoms with Gasteiger partial charge in [0.15, 0.2) is 0 Å². The lowest BCUT2D eigenvalue weighted by molar-refractivity contribution is -0.385. The number of nitrogens with zero attached hydrogens (tertiary/aromatic N) is 1. The minimum absolute atomic E-state index is 0.125. The summed E-state index contributed by atoms with van der Waals surface area (Å²) in [6.45, 7) is 0. The molecule has 0 aliphatic carbocycles. The highest BCUT2D eigenvalue weighted by Gasteiger charge is 2.21. The quantitative estimate of drug-likeness (QED) is 0.619. The molecule has 86 valence electrons. The standard InChI is InChI=1S/C9H9ClN2O4/c10-5-1-2-8(12(15)16)6(3-5)7(11)4-9(13)14/h1-3,7H,4,11H2,(H,13,14). The first-order valence-corrected chi connectivity index (χ1v) is 4.71. The van der Waals surface area contributed by atoms with Crippen LogP contribution in [0.25, 0.3) is 0 Å². The fraction of sp³-hybridized carbons (Fsp3) is 0.222. The number of carboxylic acids is 1. The number of nitrogens with two attached hydrogens (primary N) is 1. The molecule has 1 unspecified atom stereocenters. The number of rotatable bonds is 4. The highest BCUT2D eigenvalue weighted by atomic mass is 35.5. The maximum atomic E-state index is 10.7. The van der Waals surface area contributed by atoms with Gasteiger partial charge in [-0.1, -0.05) is 11.6 Å². The lowest BCUT2D eigenvalue weighted by Crippen LogP contribution is -2.16. The Labute approximate surface area is 95.8 Å². The predicted molar refractivity (Wildman–Crippen MR) is 57.3 cm³/mol. The van der Waals surface area contributed by atoms with Gasteiger partial charge in [-0.3, -0.25) is 14.9 Å². The van der Waals surface area contributed by atoms with Crippen LogP contribution in [0.15, 0.2) is 18.2 Å². The first-order chi connectivity index (χ1) is 7.41. The normalized spacial score (nSPS) is 12.1. The highest BCUT2D eigenvalue weighted by Crippen LogP contribution is 2.28. The molecular formula is C9H9ClN2O4. The van der Waals surface area contributed by atoms with E-state index in [4.69, 9.17) is 22.4 Å². The zero-order chi connectivity index (χ0) is 12.3. The van der Waals surface area contributed by atoms with E-state index in [9.17, 15) is 14.9 Å². The van der Waals surface area contributed by atoms with Gasteiger partial charge in [0.25, 0.3) is 5.69 Å². The van der Waals surface area contributed by atoms with Crippen LogP contribution in [0.4, 0.5) is 5.69 Å². The van der Waals surface area contributed by atoms with Crippen molar-refractivity contribution in [3.8, 4) is 0 Å². The Morgan fingerprint density at radius 3 is 2.75 bits per heavy atom. The molecule has 0 aromatic heterocycles. The number of hydrogen-bond donors (Lipinski definition) is 2. The van der Waals surface area contributed by atoms with Gasteiger partial charge in [0, 0.05) is 22.7 Å².